The summed E-state index contributed by atoms with van der Waals surface area (Å²) in [5.41, 5.74) is 8.09. The van der Waals surface area contributed by atoms with E-state index in [1.54, 1.807) is 23.0 Å². The van der Waals surface area contributed by atoms with Crippen molar-refractivity contribution in [2.75, 3.05) is 5.43 Å². The number of aromatic nitrogens is 4. The number of nitrogens with zero attached hydrogens (tertiary/aromatic N) is 6. The van der Waals surface area contributed by atoms with Crippen molar-refractivity contribution in [1.82, 2.24) is 20.0 Å². The SMILES string of the molecule is Cc1ccc(-n2nnc(-c3csc(N/N=C/c4ccc([N+](=O)[O-])cc4)n3)c2C)cc1. The molecule has 0 radical (unpaired) electrons. The summed E-state index contributed by atoms with van der Waals surface area (Å²) < 4.78 is 1.79. The molecule has 0 aliphatic heterocycles. The van der Waals surface area contributed by atoms with Crippen LogP contribution in [0.5, 0.6) is 0 Å². The lowest BCUT2D eigenvalue weighted by Crippen LogP contribution is -1.99. The Morgan fingerprint density at radius 3 is 2.57 bits per heavy atom. The fourth-order valence-corrected chi connectivity index (χ4v) is 3.42. The number of non-ortho nitro benzene ring substituents is 1. The summed E-state index contributed by atoms with van der Waals surface area (Å²) >= 11 is 1.40. The summed E-state index contributed by atoms with van der Waals surface area (Å²) in [4.78, 5) is 14.8. The van der Waals surface area contributed by atoms with E-state index in [1.165, 1.54) is 29.0 Å². The van der Waals surface area contributed by atoms with Crippen molar-refractivity contribution in [1.29, 1.82) is 0 Å². The molecule has 0 saturated carbocycles. The van der Waals surface area contributed by atoms with Gasteiger partial charge >= 0.3 is 0 Å². The monoisotopic (exact) mass is 419 g/mol. The number of nitrogens with one attached hydrogen (secondary N) is 1. The van der Waals surface area contributed by atoms with Gasteiger partial charge in [-0.05, 0) is 43.7 Å². The maximum absolute atomic E-state index is 10.7. The fourth-order valence-electron chi connectivity index (χ4n) is 2.78. The van der Waals surface area contributed by atoms with Crippen molar-refractivity contribution in [2.45, 2.75) is 13.8 Å². The van der Waals surface area contributed by atoms with Gasteiger partial charge in [-0.3, -0.25) is 15.5 Å². The average Bonchev–Trinajstić information content (AvgIpc) is 3.35. The summed E-state index contributed by atoms with van der Waals surface area (Å²) in [5, 5.41) is 25.9. The summed E-state index contributed by atoms with van der Waals surface area (Å²) in [6, 6.07) is 14.2. The predicted molar refractivity (Wildman–Crippen MR) is 116 cm³/mol. The molecule has 150 valence electrons. The standard InChI is InChI=1S/C20H17N7O2S/c1-13-3-7-16(8-4-13)26-14(2)19(23-25-26)18-12-30-20(22-18)24-21-11-15-5-9-17(10-6-15)27(28)29/h3-12H,1-2H3,(H,22,24)/b21-11+. The van der Waals surface area contributed by atoms with Crippen molar-refractivity contribution in [3.8, 4) is 17.1 Å². The lowest BCUT2D eigenvalue weighted by atomic mass is 10.2. The first-order valence-electron chi connectivity index (χ1n) is 9.00. The Labute approximate surface area is 175 Å². The topological polar surface area (TPSA) is 111 Å². The van der Waals surface area contributed by atoms with Crippen LogP contribution in [0, 0.1) is 24.0 Å². The van der Waals surface area contributed by atoms with E-state index in [9.17, 15) is 10.1 Å². The number of anilines is 1. The predicted octanol–water partition coefficient (Wildman–Crippen LogP) is 4.36. The van der Waals surface area contributed by atoms with Crippen molar-refractivity contribution >= 4 is 28.4 Å². The molecule has 0 unspecified atom stereocenters. The summed E-state index contributed by atoms with van der Waals surface area (Å²) in [6.07, 6.45) is 1.57. The first kappa shape index (κ1) is 19.4. The third kappa shape index (κ3) is 4.08. The molecule has 2 heterocycles. The zero-order chi connectivity index (χ0) is 21.1. The van der Waals surface area contributed by atoms with E-state index in [0.717, 1.165) is 16.9 Å². The minimum absolute atomic E-state index is 0.0405. The van der Waals surface area contributed by atoms with Gasteiger partial charge in [-0.1, -0.05) is 22.9 Å². The van der Waals surface area contributed by atoms with Crippen LogP contribution in [-0.2, 0) is 0 Å². The summed E-state index contributed by atoms with van der Waals surface area (Å²) in [7, 11) is 0. The van der Waals surface area contributed by atoms with Gasteiger partial charge in [0.1, 0.15) is 11.4 Å². The number of hydrogen-bond donors (Lipinski definition) is 1. The van der Waals surface area contributed by atoms with Crippen LogP contribution in [0.15, 0.2) is 59.0 Å². The molecular formula is C20H17N7O2S. The lowest BCUT2D eigenvalue weighted by Gasteiger charge is -2.03. The molecule has 0 fully saturated rings. The molecule has 0 atom stereocenters. The van der Waals surface area contributed by atoms with Crippen molar-refractivity contribution in [3.63, 3.8) is 0 Å². The quantitative estimate of drug-likeness (QED) is 0.282. The molecular weight excluding hydrogens is 402 g/mol. The van der Waals surface area contributed by atoms with Gasteiger partial charge in [0.15, 0.2) is 0 Å². The minimum atomic E-state index is -0.437. The molecule has 0 aliphatic carbocycles. The molecule has 2 aromatic carbocycles. The van der Waals surface area contributed by atoms with Gasteiger partial charge in [0.05, 0.1) is 22.5 Å². The van der Waals surface area contributed by atoms with Gasteiger partial charge in [0.25, 0.3) is 5.69 Å². The van der Waals surface area contributed by atoms with Crippen LogP contribution in [0.25, 0.3) is 17.1 Å². The van der Waals surface area contributed by atoms with E-state index in [4.69, 9.17) is 0 Å². The van der Waals surface area contributed by atoms with Gasteiger partial charge in [-0.2, -0.15) is 5.10 Å². The number of hydrazone groups is 1. The Morgan fingerprint density at radius 1 is 1.13 bits per heavy atom. The molecule has 2 aromatic heterocycles. The number of nitro groups is 1. The molecule has 30 heavy (non-hydrogen) atoms. The number of thiazole rings is 1. The maximum Gasteiger partial charge on any atom is 0.269 e. The van der Waals surface area contributed by atoms with E-state index in [-0.39, 0.29) is 5.69 Å². The van der Waals surface area contributed by atoms with Crippen LogP contribution in [0.1, 0.15) is 16.8 Å². The third-order valence-electron chi connectivity index (χ3n) is 4.40. The highest BCUT2D eigenvalue weighted by molar-refractivity contribution is 7.14. The molecule has 4 aromatic rings. The van der Waals surface area contributed by atoms with Crippen LogP contribution >= 0.6 is 11.3 Å². The highest BCUT2D eigenvalue weighted by Crippen LogP contribution is 2.26. The second-order valence-corrected chi connectivity index (χ2v) is 7.39. The van der Waals surface area contributed by atoms with Gasteiger partial charge in [-0.25, -0.2) is 9.67 Å². The number of aryl methyl sites for hydroxylation is 1. The van der Waals surface area contributed by atoms with Gasteiger partial charge in [0.2, 0.25) is 5.13 Å². The molecule has 0 saturated heterocycles. The second kappa shape index (κ2) is 8.21. The first-order valence-corrected chi connectivity index (χ1v) is 9.88. The molecule has 1 N–H and O–H groups in total. The van der Waals surface area contributed by atoms with E-state index in [1.807, 2.05) is 43.5 Å². The van der Waals surface area contributed by atoms with Crippen molar-refractivity contribution in [2.24, 2.45) is 5.10 Å². The van der Waals surface area contributed by atoms with Crippen LogP contribution in [0.3, 0.4) is 0 Å². The maximum atomic E-state index is 10.7. The largest absolute Gasteiger partial charge is 0.269 e. The smallest absolute Gasteiger partial charge is 0.258 e. The Morgan fingerprint density at radius 2 is 1.87 bits per heavy atom. The average molecular weight is 419 g/mol. The minimum Gasteiger partial charge on any atom is -0.258 e. The molecule has 0 amide bonds. The number of benzene rings is 2. The highest BCUT2D eigenvalue weighted by atomic mass is 32.1. The van der Waals surface area contributed by atoms with E-state index >= 15 is 0 Å². The highest BCUT2D eigenvalue weighted by Gasteiger charge is 2.15. The lowest BCUT2D eigenvalue weighted by molar-refractivity contribution is -0.384. The van der Waals surface area contributed by atoms with E-state index < -0.39 is 4.92 Å². The van der Waals surface area contributed by atoms with Crippen molar-refractivity contribution in [3.05, 3.63) is 80.8 Å². The summed E-state index contributed by atoms with van der Waals surface area (Å²) in [5.74, 6) is 0. The van der Waals surface area contributed by atoms with Crippen molar-refractivity contribution < 1.29 is 4.92 Å². The van der Waals surface area contributed by atoms with E-state index in [2.05, 4.69) is 25.8 Å². The zero-order valence-corrected chi connectivity index (χ0v) is 17.0. The fraction of sp³-hybridized carbons (Fsp3) is 0.100. The van der Waals surface area contributed by atoms with Gasteiger partial charge < -0.3 is 0 Å². The first-order chi connectivity index (χ1) is 14.5. The molecule has 0 aliphatic rings. The molecule has 4 rings (SSSR count). The Hall–Kier alpha value is -3.92. The zero-order valence-electron chi connectivity index (χ0n) is 16.2. The third-order valence-corrected chi connectivity index (χ3v) is 5.14. The molecule has 0 spiro atoms. The van der Waals surface area contributed by atoms with Gasteiger partial charge in [0, 0.05) is 17.5 Å². The van der Waals surface area contributed by atoms with Crippen LogP contribution in [0.2, 0.25) is 0 Å². The molecule has 10 heteroatoms. The van der Waals surface area contributed by atoms with Crippen LogP contribution < -0.4 is 5.43 Å². The number of rotatable bonds is 6. The Bertz CT molecular complexity index is 1210. The number of nitro benzene ring substituents is 1. The van der Waals surface area contributed by atoms with E-state index in [0.29, 0.717) is 16.5 Å². The van der Waals surface area contributed by atoms with Gasteiger partial charge in [-0.15, -0.1) is 16.4 Å². The van der Waals surface area contributed by atoms with Crippen LogP contribution in [0.4, 0.5) is 10.8 Å². The second-order valence-electron chi connectivity index (χ2n) is 6.53. The normalized spacial score (nSPS) is 11.1. The van der Waals surface area contributed by atoms with Crippen LogP contribution in [-0.4, -0.2) is 31.1 Å². The molecule has 0 bridgehead atoms. The Balaban J connectivity index is 1.46. The summed E-state index contributed by atoms with van der Waals surface area (Å²) in [6.45, 7) is 3.99. The molecule has 9 nitrogen and oxygen atoms in total. The Kier molecular flexibility index (Phi) is 5.31. The number of hydrogen-bond acceptors (Lipinski definition) is 8.